The highest BCUT2D eigenvalue weighted by molar-refractivity contribution is 9.10. The predicted molar refractivity (Wildman–Crippen MR) is 82.7 cm³/mol. The maximum Gasteiger partial charge on any atom is 0.267 e. The summed E-state index contributed by atoms with van der Waals surface area (Å²) in [5, 5.41) is 0. The van der Waals surface area contributed by atoms with E-state index < -0.39 is 15.8 Å². The molecule has 2 rings (SSSR count). The van der Waals surface area contributed by atoms with E-state index in [0.29, 0.717) is 15.9 Å². The molecule has 0 aliphatic carbocycles. The minimum atomic E-state index is -4.01. The van der Waals surface area contributed by atoms with Crippen LogP contribution < -0.4 is 9.04 Å². The van der Waals surface area contributed by atoms with Gasteiger partial charge in [0, 0.05) is 11.5 Å². The number of anilines is 1. The number of nitrogens with zero attached hydrogens (tertiary/aromatic N) is 1. The number of benzene rings is 2. The highest BCUT2D eigenvalue weighted by Crippen LogP contribution is 2.32. The summed E-state index contributed by atoms with van der Waals surface area (Å²) in [6.07, 6.45) is 0. The summed E-state index contributed by atoms with van der Waals surface area (Å²) in [5.74, 6) is -0.424. The largest absolute Gasteiger partial charge is 0.495 e. The van der Waals surface area contributed by atoms with Crippen LogP contribution in [0.4, 0.5) is 10.1 Å². The molecular weight excluding hydrogens is 361 g/mol. The van der Waals surface area contributed by atoms with Crippen molar-refractivity contribution in [3.8, 4) is 5.75 Å². The molecule has 0 spiro atoms. The number of halogens is 2. The minimum Gasteiger partial charge on any atom is -0.495 e. The van der Waals surface area contributed by atoms with Gasteiger partial charge >= 0.3 is 0 Å². The molecule has 0 saturated carbocycles. The molecule has 2 aromatic carbocycles. The van der Waals surface area contributed by atoms with Crippen molar-refractivity contribution in [1.29, 1.82) is 0 Å². The van der Waals surface area contributed by atoms with Crippen LogP contribution >= 0.6 is 15.9 Å². The maximum absolute atomic E-state index is 13.9. The van der Waals surface area contributed by atoms with Crippen molar-refractivity contribution in [3.05, 3.63) is 52.8 Å². The predicted octanol–water partition coefficient (Wildman–Crippen LogP) is 3.42. The van der Waals surface area contributed by atoms with Gasteiger partial charge in [-0.15, -0.1) is 0 Å². The zero-order valence-corrected chi connectivity index (χ0v) is 13.8. The lowest BCUT2D eigenvalue weighted by molar-refractivity contribution is 0.415. The van der Waals surface area contributed by atoms with E-state index in [1.54, 1.807) is 24.3 Å². The Morgan fingerprint density at radius 1 is 1.19 bits per heavy atom. The van der Waals surface area contributed by atoms with Crippen molar-refractivity contribution < 1.29 is 17.5 Å². The fourth-order valence-corrected chi connectivity index (χ4v) is 3.43. The van der Waals surface area contributed by atoms with Gasteiger partial charge in [-0.1, -0.05) is 28.1 Å². The van der Waals surface area contributed by atoms with Gasteiger partial charge in [0.15, 0.2) is 0 Å². The van der Waals surface area contributed by atoms with Gasteiger partial charge in [0.2, 0.25) is 0 Å². The molecular formula is C14H13BrFNO3S. The molecule has 0 aliphatic rings. The summed E-state index contributed by atoms with van der Waals surface area (Å²) in [4.78, 5) is -0.390. The maximum atomic E-state index is 13.9. The zero-order valence-electron chi connectivity index (χ0n) is 11.4. The first-order valence-electron chi connectivity index (χ1n) is 5.95. The zero-order chi connectivity index (χ0) is 15.6. The van der Waals surface area contributed by atoms with Gasteiger partial charge < -0.3 is 4.74 Å². The molecule has 0 fully saturated rings. The van der Waals surface area contributed by atoms with Crippen molar-refractivity contribution in [2.45, 2.75) is 4.90 Å². The van der Waals surface area contributed by atoms with Crippen molar-refractivity contribution >= 4 is 31.6 Å². The summed E-state index contributed by atoms with van der Waals surface area (Å²) in [6, 6.07) is 10.5. The number of hydrogen-bond donors (Lipinski definition) is 0. The van der Waals surface area contributed by atoms with E-state index in [2.05, 4.69) is 15.9 Å². The van der Waals surface area contributed by atoms with E-state index in [9.17, 15) is 12.8 Å². The molecule has 4 nitrogen and oxygen atoms in total. The van der Waals surface area contributed by atoms with Crippen molar-refractivity contribution in [2.75, 3.05) is 18.5 Å². The lowest BCUT2D eigenvalue weighted by Crippen LogP contribution is -2.27. The standard InChI is InChI=1S/C14H13BrFNO3S/c1-17(12-5-3-4-6-13(12)20-2)21(18,19)14-8-7-10(15)9-11(14)16/h3-9H,1-2H3. The van der Waals surface area contributed by atoms with E-state index in [0.717, 1.165) is 10.4 Å². The van der Waals surface area contributed by atoms with Crippen LogP contribution in [0.15, 0.2) is 51.8 Å². The summed E-state index contributed by atoms with van der Waals surface area (Å²) in [7, 11) is -1.21. The van der Waals surface area contributed by atoms with Gasteiger partial charge in [-0.2, -0.15) is 0 Å². The Hall–Kier alpha value is -1.60. The van der Waals surface area contributed by atoms with Crippen molar-refractivity contribution in [2.24, 2.45) is 0 Å². The normalized spacial score (nSPS) is 11.2. The highest BCUT2D eigenvalue weighted by atomic mass is 79.9. The smallest absolute Gasteiger partial charge is 0.267 e. The molecule has 7 heteroatoms. The number of methoxy groups -OCH3 is 1. The molecule has 21 heavy (non-hydrogen) atoms. The summed E-state index contributed by atoms with van der Waals surface area (Å²) in [6.45, 7) is 0. The Morgan fingerprint density at radius 3 is 2.48 bits per heavy atom. The average molecular weight is 374 g/mol. The number of ether oxygens (including phenoxy) is 1. The first-order chi connectivity index (χ1) is 9.87. The van der Waals surface area contributed by atoms with E-state index in [1.165, 1.54) is 26.3 Å². The first kappa shape index (κ1) is 15.8. The van der Waals surface area contributed by atoms with Crippen LogP contribution in [0.1, 0.15) is 0 Å². The number of hydrogen-bond acceptors (Lipinski definition) is 3. The second-order valence-corrected chi connectivity index (χ2v) is 7.07. The fraction of sp³-hybridized carbons (Fsp3) is 0.143. The molecule has 0 aromatic heterocycles. The SMILES string of the molecule is COc1ccccc1N(C)S(=O)(=O)c1ccc(Br)cc1F. The number of rotatable bonds is 4. The van der Waals surface area contributed by atoms with Crippen LogP contribution in [-0.2, 0) is 10.0 Å². The van der Waals surface area contributed by atoms with Crippen LogP contribution in [-0.4, -0.2) is 22.6 Å². The van der Waals surface area contributed by atoms with Gasteiger partial charge in [-0.05, 0) is 30.3 Å². The molecule has 2 aromatic rings. The van der Waals surface area contributed by atoms with Gasteiger partial charge in [-0.25, -0.2) is 12.8 Å². The molecule has 0 bridgehead atoms. The molecule has 0 amide bonds. The highest BCUT2D eigenvalue weighted by Gasteiger charge is 2.26. The van der Waals surface area contributed by atoms with Crippen LogP contribution in [0.3, 0.4) is 0 Å². The summed E-state index contributed by atoms with van der Waals surface area (Å²) >= 11 is 3.10. The second-order valence-electron chi connectivity index (χ2n) is 4.22. The first-order valence-corrected chi connectivity index (χ1v) is 8.18. The van der Waals surface area contributed by atoms with E-state index in [-0.39, 0.29) is 4.90 Å². The molecule has 0 unspecified atom stereocenters. The molecule has 0 heterocycles. The third-order valence-corrected chi connectivity index (χ3v) is 5.25. The molecule has 0 N–H and O–H groups in total. The lowest BCUT2D eigenvalue weighted by atomic mass is 10.3. The third-order valence-electron chi connectivity index (χ3n) is 2.96. The van der Waals surface area contributed by atoms with E-state index in [1.807, 2.05) is 0 Å². The van der Waals surface area contributed by atoms with Crippen molar-refractivity contribution in [1.82, 2.24) is 0 Å². The van der Waals surface area contributed by atoms with Gasteiger partial charge in [0.1, 0.15) is 16.5 Å². The third kappa shape index (κ3) is 3.03. The van der Waals surface area contributed by atoms with E-state index >= 15 is 0 Å². The van der Waals surface area contributed by atoms with Crippen molar-refractivity contribution in [3.63, 3.8) is 0 Å². The van der Waals surface area contributed by atoms with Crippen LogP contribution in [0.25, 0.3) is 0 Å². The molecule has 0 atom stereocenters. The minimum absolute atomic E-state index is 0.335. The number of para-hydroxylation sites is 2. The van der Waals surface area contributed by atoms with E-state index in [4.69, 9.17) is 4.74 Å². The lowest BCUT2D eigenvalue weighted by Gasteiger charge is -2.21. The molecule has 0 radical (unpaired) electrons. The fourth-order valence-electron chi connectivity index (χ4n) is 1.85. The Bertz CT molecular complexity index is 765. The molecule has 112 valence electrons. The topological polar surface area (TPSA) is 46.6 Å². The Labute approximate surface area is 131 Å². The van der Waals surface area contributed by atoms with Crippen LogP contribution in [0.5, 0.6) is 5.75 Å². The van der Waals surface area contributed by atoms with Gasteiger partial charge in [0.05, 0.1) is 12.8 Å². The van der Waals surface area contributed by atoms with Crippen LogP contribution in [0.2, 0.25) is 0 Å². The molecule has 0 aliphatic heterocycles. The summed E-state index contributed by atoms with van der Waals surface area (Å²) in [5.41, 5.74) is 0.335. The Kier molecular flexibility index (Phi) is 4.53. The Morgan fingerprint density at radius 2 is 1.86 bits per heavy atom. The summed E-state index contributed by atoms with van der Waals surface area (Å²) < 4.78 is 45.6. The average Bonchev–Trinajstić information content (AvgIpc) is 2.46. The van der Waals surface area contributed by atoms with Gasteiger partial charge in [0.25, 0.3) is 10.0 Å². The van der Waals surface area contributed by atoms with Gasteiger partial charge in [-0.3, -0.25) is 4.31 Å². The number of sulfonamides is 1. The quantitative estimate of drug-likeness (QED) is 0.824. The van der Waals surface area contributed by atoms with Crippen LogP contribution in [0, 0.1) is 5.82 Å². The second kappa shape index (κ2) is 6.03. The molecule has 0 saturated heterocycles. The monoisotopic (exact) mass is 373 g/mol. The Balaban J connectivity index is 2.53.